The molecule has 0 atom stereocenters. The normalized spacial score (nSPS) is 10.3. The molecule has 2 aromatic rings. The van der Waals surface area contributed by atoms with Crippen LogP contribution in [-0.2, 0) is 6.54 Å². The Morgan fingerprint density at radius 1 is 1.12 bits per heavy atom. The Hall–Kier alpha value is -2.54. The van der Waals surface area contributed by atoms with E-state index in [-0.39, 0.29) is 5.56 Å². The third-order valence-electron chi connectivity index (χ3n) is 3.90. The predicted octanol–water partition coefficient (Wildman–Crippen LogP) is 4.12. The Morgan fingerprint density at radius 3 is 2.75 bits per heavy atom. The summed E-state index contributed by atoms with van der Waals surface area (Å²) in [6, 6.07) is 12.9. The quantitative estimate of drug-likeness (QED) is 0.652. The standard InChI is InChI=1S/C20H24N2O2/c1-2-3-4-5-6-13-24-19-11-8-12-22(20(19)23)16-18-10-7-9-17(14-18)15-21/h7-12,14H,2-6,13,16H2,1H3. The SMILES string of the molecule is CCCCCCCOc1cccn(Cc2cccc(C#N)c2)c1=O. The lowest BCUT2D eigenvalue weighted by Crippen LogP contribution is -2.22. The molecule has 0 fully saturated rings. The van der Waals surface area contributed by atoms with Gasteiger partial charge in [-0.25, -0.2) is 0 Å². The number of nitriles is 1. The molecular weight excluding hydrogens is 300 g/mol. The fourth-order valence-electron chi connectivity index (χ4n) is 2.57. The van der Waals surface area contributed by atoms with Gasteiger partial charge in [-0.2, -0.15) is 5.26 Å². The van der Waals surface area contributed by atoms with E-state index in [1.807, 2.05) is 18.2 Å². The zero-order valence-corrected chi connectivity index (χ0v) is 14.2. The van der Waals surface area contributed by atoms with Crippen molar-refractivity contribution < 1.29 is 4.74 Å². The van der Waals surface area contributed by atoms with E-state index in [0.29, 0.717) is 24.5 Å². The molecule has 24 heavy (non-hydrogen) atoms. The molecule has 0 N–H and O–H groups in total. The van der Waals surface area contributed by atoms with Gasteiger partial charge in [0.1, 0.15) is 0 Å². The van der Waals surface area contributed by atoms with Crippen LogP contribution >= 0.6 is 0 Å². The Bertz CT molecular complexity index is 744. The molecule has 0 saturated heterocycles. The first-order valence-electron chi connectivity index (χ1n) is 8.56. The summed E-state index contributed by atoms with van der Waals surface area (Å²) in [5.41, 5.74) is 1.39. The third-order valence-corrected chi connectivity index (χ3v) is 3.90. The van der Waals surface area contributed by atoms with Crippen LogP contribution in [0.25, 0.3) is 0 Å². The van der Waals surface area contributed by atoms with Crippen LogP contribution in [0.1, 0.15) is 50.2 Å². The van der Waals surface area contributed by atoms with Crippen LogP contribution in [0.2, 0.25) is 0 Å². The summed E-state index contributed by atoms with van der Waals surface area (Å²) in [4.78, 5) is 12.5. The molecule has 126 valence electrons. The number of ether oxygens (including phenoxy) is 1. The van der Waals surface area contributed by atoms with Crippen LogP contribution in [0.3, 0.4) is 0 Å². The summed E-state index contributed by atoms with van der Waals surface area (Å²) in [6.45, 7) is 3.20. The monoisotopic (exact) mass is 324 g/mol. The van der Waals surface area contributed by atoms with Crippen molar-refractivity contribution in [3.05, 3.63) is 64.1 Å². The number of unbranched alkanes of at least 4 members (excludes halogenated alkanes) is 4. The first-order chi connectivity index (χ1) is 11.7. The van der Waals surface area contributed by atoms with Crippen LogP contribution in [0.15, 0.2) is 47.4 Å². The lowest BCUT2D eigenvalue weighted by molar-refractivity contribution is 0.298. The van der Waals surface area contributed by atoms with Crippen molar-refractivity contribution >= 4 is 0 Å². The molecular formula is C20H24N2O2. The van der Waals surface area contributed by atoms with Gasteiger partial charge >= 0.3 is 0 Å². The van der Waals surface area contributed by atoms with Crippen molar-refractivity contribution in [2.45, 2.75) is 45.6 Å². The molecule has 2 rings (SSSR count). The Labute approximate surface area is 143 Å². The van der Waals surface area contributed by atoms with Crippen molar-refractivity contribution in [2.75, 3.05) is 6.61 Å². The predicted molar refractivity (Wildman–Crippen MR) is 95.2 cm³/mol. The Morgan fingerprint density at radius 2 is 1.96 bits per heavy atom. The summed E-state index contributed by atoms with van der Waals surface area (Å²) in [7, 11) is 0. The van der Waals surface area contributed by atoms with Gasteiger partial charge < -0.3 is 9.30 Å². The summed E-state index contributed by atoms with van der Waals surface area (Å²) >= 11 is 0. The van der Waals surface area contributed by atoms with E-state index in [1.165, 1.54) is 19.3 Å². The van der Waals surface area contributed by atoms with Crippen LogP contribution < -0.4 is 10.3 Å². The summed E-state index contributed by atoms with van der Waals surface area (Å²) in [6.07, 6.45) is 7.54. The molecule has 0 bridgehead atoms. The summed E-state index contributed by atoms with van der Waals surface area (Å²) < 4.78 is 7.27. The summed E-state index contributed by atoms with van der Waals surface area (Å²) in [5.74, 6) is 0.393. The van der Waals surface area contributed by atoms with Gasteiger partial charge in [-0.05, 0) is 36.2 Å². The lowest BCUT2D eigenvalue weighted by Gasteiger charge is -2.10. The second kappa shape index (κ2) is 9.57. The maximum absolute atomic E-state index is 12.5. The molecule has 0 aliphatic heterocycles. The maximum Gasteiger partial charge on any atom is 0.293 e. The number of nitrogens with zero attached hydrogens (tertiary/aromatic N) is 2. The Balaban J connectivity index is 1.97. The van der Waals surface area contributed by atoms with E-state index in [1.54, 1.807) is 29.0 Å². The number of hydrogen-bond donors (Lipinski definition) is 0. The average Bonchev–Trinajstić information content (AvgIpc) is 2.61. The van der Waals surface area contributed by atoms with Gasteiger partial charge in [-0.3, -0.25) is 4.79 Å². The van der Waals surface area contributed by atoms with Crippen molar-refractivity contribution in [1.29, 1.82) is 5.26 Å². The van der Waals surface area contributed by atoms with Gasteiger partial charge in [0.15, 0.2) is 5.75 Å². The smallest absolute Gasteiger partial charge is 0.293 e. The minimum Gasteiger partial charge on any atom is -0.488 e. The van der Waals surface area contributed by atoms with Gasteiger partial charge in [0.25, 0.3) is 5.56 Å². The summed E-state index contributed by atoms with van der Waals surface area (Å²) in [5, 5.41) is 8.96. The minimum absolute atomic E-state index is 0.131. The first-order valence-corrected chi connectivity index (χ1v) is 8.56. The number of rotatable bonds is 9. The van der Waals surface area contributed by atoms with Crippen molar-refractivity contribution in [1.82, 2.24) is 4.57 Å². The van der Waals surface area contributed by atoms with Gasteiger partial charge in [0.05, 0.1) is 24.8 Å². The van der Waals surface area contributed by atoms with Crippen LogP contribution in [0.5, 0.6) is 5.75 Å². The van der Waals surface area contributed by atoms with E-state index in [4.69, 9.17) is 10.00 Å². The molecule has 0 radical (unpaired) electrons. The zero-order valence-electron chi connectivity index (χ0n) is 14.2. The van der Waals surface area contributed by atoms with E-state index in [9.17, 15) is 4.79 Å². The molecule has 0 aliphatic rings. The zero-order chi connectivity index (χ0) is 17.2. The highest BCUT2D eigenvalue weighted by molar-refractivity contribution is 5.33. The van der Waals surface area contributed by atoms with E-state index in [0.717, 1.165) is 18.4 Å². The minimum atomic E-state index is -0.131. The fourth-order valence-corrected chi connectivity index (χ4v) is 2.57. The van der Waals surface area contributed by atoms with Crippen LogP contribution in [0.4, 0.5) is 0 Å². The van der Waals surface area contributed by atoms with Crippen molar-refractivity contribution in [2.24, 2.45) is 0 Å². The molecule has 1 aromatic carbocycles. The average molecular weight is 324 g/mol. The highest BCUT2D eigenvalue weighted by Gasteiger charge is 2.05. The molecule has 0 amide bonds. The van der Waals surface area contributed by atoms with Gasteiger partial charge in [0.2, 0.25) is 0 Å². The largest absolute Gasteiger partial charge is 0.488 e. The van der Waals surface area contributed by atoms with Gasteiger partial charge in [-0.15, -0.1) is 0 Å². The molecule has 4 nitrogen and oxygen atoms in total. The van der Waals surface area contributed by atoms with Crippen LogP contribution in [-0.4, -0.2) is 11.2 Å². The topological polar surface area (TPSA) is 55.0 Å². The van der Waals surface area contributed by atoms with Gasteiger partial charge in [0, 0.05) is 6.20 Å². The number of benzene rings is 1. The highest BCUT2D eigenvalue weighted by atomic mass is 16.5. The van der Waals surface area contributed by atoms with Crippen molar-refractivity contribution in [3.63, 3.8) is 0 Å². The van der Waals surface area contributed by atoms with E-state index < -0.39 is 0 Å². The van der Waals surface area contributed by atoms with E-state index >= 15 is 0 Å². The molecule has 1 aromatic heterocycles. The fraction of sp³-hybridized carbons (Fsp3) is 0.400. The number of pyridine rings is 1. The number of hydrogen-bond acceptors (Lipinski definition) is 3. The molecule has 0 aliphatic carbocycles. The molecule has 4 heteroatoms. The maximum atomic E-state index is 12.5. The van der Waals surface area contributed by atoms with Crippen LogP contribution in [0, 0.1) is 11.3 Å². The van der Waals surface area contributed by atoms with Gasteiger partial charge in [-0.1, -0.05) is 44.7 Å². The number of aromatic nitrogens is 1. The molecule has 0 unspecified atom stereocenters. The second-order valence-corrected chi connectivity index (χ2v) is 5.88. The van der Waals surface area contributed by atoms with Crippen molar-refractivity contribution in [3.8, 4) is 11.8 Å². The first kappa shape index (κ1) is 17.8. The molecule has 0 spiro atoms. The highest BCUT2D eigenvalue weighted by Crippen LogP contribution is 2.09. The molecule has 1 heterocycles. The van der Waals surface area contributed by atoms with E-state index in [2.05, 4.69) is 13.0 Å². The lowest BCUT2D eigenvalue weighted by atomic mass is 10.1. The Kier molecular flexibility index (Phi) is 7.10. The second-order valence-electron chi connectivity index (χ2n) is 5.88. The third kappa shape index (κ3) is 5.27. The molecule has 0 saturated carbocycles.